The fourth-order valence-electron chi connectivity index (χ4n) is 3.76. The lowest BCUT2D eigenvalue weighted by atomic mass is 10.1. The van der Waals surface area contributed by atoms with Crippen LogP contribution in [0, 0.1) is 18.6 Å². The number of aromatic nitrogens is 2. The third kappa shape index (κ3) is 5.72. The molecule has 1 N–H and O–H groups in total. The number of aryl methyl sites for hydroxylation is 1. The molecule has 1 fully saturated rings. The smallest absolute Gasteiger partial charge is 0.227 e. The summed E-state index contributed by atoms with van der Waals surface area (Å²) in [5.74, 6) is -0.0537. The van der Waals surface area contributed by atoms with Gasteiger partial charge in [0.1, 0.15) is 24.3 Å². The number of hydrogen-bond donors (Lipinski definition) is 1. The Labute approximate surface area is 197 Å². The van der Waals surface area contributed by atoms with E-state index in [4.69, 9.17) is 14.2 Å². The molecule has 0 radical (unpaired) electrons. The highest BCUT2D eigenvalue weighted by Gasteiger charge is 2.19. The Balaban J connectivity index is 1.36. The normalized spacial score (nSPS) is 14.6. The van der Waals surface area contributed by atoms with Gasteiger partial charge in [-0.1, -0.05) is 6.07 Å². The molecule has 0 atom stereocenters. The maximum absolute atomic E-state index is 14.4. The summed E-state index contributed by atoms with van der Waals surface area (Å²) < 4.78 is 45.4. The molecule has 2 heterocycles. The van der Waals surface area contributed by atoms with Crippen LogP contribution in [-0.2, 0) is 6.61 Å². The van der Waals surface area contributed by atoms with Gasteiger partial charge in [-0.05, 0) is 50.6 Å². The van der Waals surface area contributed by atoms with E-state index in [1.807, 2.05) is 24.3 Å². The molecule has 1 aliphatic rings. The fraction of sp³-hybridized carbons (Fsp3) is 0.360. The first-order valence-electron chi connectivity index (χ1n) is 11.1. The molecule has 1 saturated heterocycles. The first-order chi connectivity index (χ1) is 16.4. The van der Waals surface area contributed by atoms with Crippen LogP contribution in [-0.4, -0.2) is 48.2 Å². The molecule has 1 aliphatic heterocycles. The monoisotopic (exact) mass is 470 g/mol. The van der Waals surface area contributed by atoms with Crippen LogP contribution in [0.25, 0.3) is 0 Å². The molecule has 2 aromatic carbocycles. The van der Waals surface area contributed by atoms with Crippen LogP contribution in [0.4, 0.5) is 20.4 Å². The molecule has 34 heavy (non-hydrogen) atoms. The summed E-state index contributed by atoms with van der Waals surface area (Å²) in [7, 11) is 3.45. The van der Waals surface area contributed by atoms with Gasteiger partial charge in [-0.15, -0.1) is 0 Å². The zero-order valence-corrected chi connectivity index (χ0v) is 19.5. The van der Waals surface area contributed by atoms with Gasteiger partial charge in [0.05, 0.1) is 25.1 Å². The second-order valence-electron chi connectivity index (χ2n) is 8.31. The molecule has 0 amide bonds. The van der Waals surface area contributed by atoms with Crippen molar-refractivity contribution >= 4 is 11.6 Å². The number of halogens is 2. The quantitative estimate of drug-likeness (QED) is 0.504. The second-order valence-corrected chi connectivity index (χ2v) is 8.31. The van der Waals surface area contributed by atoms with Gasteiger partial charge in [-0.25, -0.2) is 18.7 Å². The first kappa shape index (κ1) is 23.7. The van der Waals surface area contributed by atoms with Gasteiger partial charge in [0.15, 0.2) is 17.3 Å². The number of ether oxygens (including phenoxy) is 3. The number of nitrogens with one attached hydrogen (secondary N) is 1. The second kappa shape index (κ2) is 10.6. The lowest BCUT2D eigenvalue weighted by Crippen LogP contribution is -2.35. The summed E-state index contributed by atoms with van der Waals surface area (Å²) in [5.41, 5.74) is 0.852. The molecule has 0 unspecified atom stereocenters. The Morgan fingerprint density at radius 2 is 1.79 bits per heavy atom. The van der Waals surface area contributed by atoms with Crippen molar-refractivity contribution in [3.63, 3.8) is 0 Å². The average molecular weight is 471 g/mol. The number of piperidine rings is 1. The number of benzene rings is 2. The van der Waals surface area contributed by atoms with E-state index in [9.17, 15) is 8.78 Å². The van der Waals surface area contributed by atoms with Crippen molar-refractivity contribution in [1.29, 1.82) is 0 Å². The molecule has 3 aromatic rings. The maximum atomic E-state index is 14.4. The van der Waals surface area contributed by atoms with Gasteiger partial charge in [-0.2, -0.15) is 0 Å². The van der Waals surface area contributed by atoms with Gasteiger partial charge in [0.2, 0.25) is 5.95 Å². The largest absolute Gasteiger partial charge is 0.494 e. The SMILES string of the molecule is COc1cc(C)c(F)c(COc2cnc(Nc3cccc(OC4CCN(C)CC4)c3)nc2)c1F. The summed E-state index contributed by atoms with van der Waals surface area (Å²) in [5, 5.41) is 3.13. The lowest BCUT2D eigenvalue weighted by molar-refractivity contribution is 0.114. The minimum Gasteiger partial charge on any atom is -0.494 e. The Hall–Kier alpha value is -3.46. The minimum absolute atomic E-state index is 0.0321. The highest BCUT2D eigenvalue weighted by molar-refractivity contribution is 5.55. The molecular formula is C25H28F2N4O3. The van der Waals surface area contributed by atoms with E-state index in [0.717, 1.165) is 37.4 Å². The number of anilines is 2. The molecule has 1 aromatic heterocycles. The Morgan fingerprint density at radius 3 is 2.50 bits per heavy atom. The van der Waals surface area contributed by atoms with E-state index in [1.54, 1.807) is 0 Å². The molecule has 0 spiro atoms. The Morgan fingerprint density at radius 1 is 1.06 bits per heavy atom. The van der Waals surface area contributed by atoms with Crippen molar-refractivity contribution in [2.24, 2.45) is 0 Å². The van der Waals surface area contributed by atoms with Gasteiger partial charge in [0.25, 0.3) is 0 Å². The van der Waals surface area contributed by atoms with E-state index in [-0.39, 0.29) is 35.3 Å². The summed E-state index contributed by atoms with van der Waals surface area (Å²) in [6, 6.07) is 8.95. The van der Waals surface area contributed by atoms with Gasteiger partial charge < -0.3 is 24.4 Å². The van der Waals surface area contributed by atoms with E-state index >= 15 is 0 Å². The summed E-state index contributed by atoms with van der Waals surface area (Å²) in [6.45, 7) is 3.28. The van der Waals surface area contributed by atoms with Crippen molar-refractivity contribution in [3.05, 3.63) is 65.5 Å². The van der Waals surface area contributed by atoms with Crippen LogP contribution in [0.3, 0.4) is 0 Å². The number of likely N-dealkylation sites (tertiary alicyclic amines) is 1. The summed E-state index contributed by atoms with van der Waals surface area (Å²) in [6.07, 6.45) is 5.10. The number of nitrogens with zero attached hydrogens (tertiary/aromatic N) is 3. The van der Waals surface area contributed by atoms with Gasteiger partial charge in [0, 0.05) is 24.8 Å². The van der Waals surface area contributed by atoms with Crippen molar-refractivity contribution in [2.45, 2.75) is 32.5 Å². The molecule has 0 aliphatic carbocycles. The van der Waals surface area contributed by atoms with Crippen molar-refractivity contribution in [1.82, 2.24) is 14.9 Å². The number of rotatable bonds is 8. The molecule has 0 saturated carbocycles. The van der Waals surface area contributed by atoms with E-state index < -0.39 is 11.6 Å². The predicted molar refractivity (Wildman–Crippen MR) is 125 cm³/mol. The van der Waals surface area contributed by atoms with Crippen molar-refractivity contribution in [2.75, 3.05) is 32.6 Å². The Bertz CT molecular complexity index is 1120. The topological polar surface area (TPSA) is 68.7 Å². The van der Waals surface area contributed by atoms with Crippen molar-refractivity contribution in [3.8, 4) is 17.2 Å². The number of methoxy groups -OCH3 is 1. The average Bonchev–Trinajstić information content (AvgIpc) is 2.84. The van der Waals surface area contributed by atoms with Crippen LogP contribution < -0.4 is 19.5 Å². The zero-order valence-electron chi connectivity index (χ0n) is 19.5. The van der Waals surface area contributed by atoms with Crippen LogP contribution in [0.2, 0.25) is 0 Å². The van der Waals surface area contributed by atoms with E-state index in [1.165, 1.54) is 32.5 Å². The first-order valence-corrected chi connectivity index (χ1v) is 11.1. The van der Waals surface area contributed by atoms with Crippen LogP contribution in [0.15, 0.2) is 42.7 Å². The van der Waals surface area contributed by atoms with Crippen molar-refractivity contribution < 1.29 is 23.0 Å². The predicted octanol–water partition coefficient (Wildman–Crippen LogP) is 4.87. The van der Waals surface area contributed by atoms with Gasteiger partial charge >= 0.3 is 0 Å². The molecular weight excluding hydrogens is 442 g/mol. The lowest BCUT2D eigenvalue weighted by Gasteiger charge is -2.29. The minimum atomic E-state index is -0.785. The highest BCUT2D eigenvalue weighted by Crippen LogP contribution is 2.28. The molecule has 0 bridgehead atoms. The van der Waals surface area contributed by atoms with Crippen LogP contribution in [0.5, 0.6) is 17.2 Å². The Kier molecular flexibility index (Phi) is 7.42. The number of hydrogen-bond acceptors (Lipinski definition) is 7. The highest BCUT2D eigenvalue weighted by atomic mass is 19.1. The molecule has 9 heteroatoms. The van der Waals surface area contributed by atoms with E-state index in [2.05, 4.69) is 27.2 Å². The van der Waals surface area contributed by atoms with Crippen LogP contribution >= 0.6 is 0 Å². The summed E-state index contributed by atoms with van der Waals surface area (Å²) >= 11 is 0. The maximum Gasteiger partial charge on any atom is 0.227 e. The van der Waals surface area contributed by atoms with E-state index in [0.29, 0.717) is 5.95 Å². The standard InChI is InChI=1S/C25H28F2N4O3/c1-16-11-22(32-3)24(27)21(23(16)26)15-33-20-13-28-25(29-14-20)30-17-5-4-6-19(12-17)34-18-7-9-31(2)10-8-18/h4-6,11-14,18H,7-10,15H2,1-3H3,(H,28,29,30). The summed E-state index contributed by atoms with van der Waals surface area (Å²) in [4.78, 5) is 10.8. The molecule has 4 rings (SSSR count). The zero-order chi connectivity index (χ0) is 24.1. The van der Waals surface area contributed by atoms with Gasteiger partial charge in [-0.3, -0.25) is 0 Å². The fourth-order valence-corrected chi connectivity index (χ4v) is 3.76. The molecule has 7 nitrogen and oxygen atoms in total. The molecule has 180 valence electrons. The third-order valence-corrected chi connectivity index (χ3v) is 5.73. The van der Waals surface area contributed by atoms with Crippen LogP contribution in [0.1, 0.15) is 24.0 Å². The third-order valence-electron chi connectivity index (χ3n) is 5.73.